The molecule has 2 rings (SSSR count). The molecule has 1 aliphatic rings. The number of pyridine rings is 1. The molecule has 8 heteroatoms. The molecule has 0 atom stereocenters. The quantitative estimate of drug-likeness (QED) is 0.794. The van der Waals surface area contributed by atoms with Crippen molar-refractivity contribution >= 4 is 17.8 Å². The fourth-order valence-electron chi connectivity index (χ4n) is 2.74. The molecule has 25 heavy (non-hydrogen) atoms. The summed E-state index contributed by atoms with van der Waals surface area (Å²) in [7, 11) is 0. The van der Waals surface area contributed by atoms with Gasteiger partial charge in [-0.3, -0.25) is 9.59 Å². The average molecular weight is 347 g/mol. The summed E-state index contributed by atoms with van der Waals surface area (Å²) in [5.74, 6) is -1.57. The molecule has 0 bridgehead atoms. The number of hydrogen-bond acceptors (Lipinski definition) is 6. The number of hydrogen-bond donors (Lipinski definition) is 2. The normalized spacial score (nSPS) is 15.5. The fourth-order valence-corrected chi connectivity index (χ4v) is 2.74. The molecule has 0 saturated carbocycles. The summed E-state index contributed by atoms with van der Waals surface area (Å²) in [6.45, 7) is 6.36. The molecule has 0 aromatic carbocycles. The molecule has 0 spiro atoms. The van der Waals surface area contributed by atoms with Crippen molar-refractivity contribution in [3.05, 3.63) is 27.5 Å². The van der Waals surface area contributed by atoms with E-state index in [2.05, 4.69) is 4.98 Å². The molecule has 1 fully saturated rings. The molecule has 1 aromatic rings. The monoisotopic (exact) mass is 347 g/mol. The van der Waals surface area contributed by atoms with E-state index in [1.165, 1.54) is 0 Å². The first-order valence-corrected chi connectivity index (χ1v) is 8.01. The SMILES string of the molecule is CC(C)(C)OC(=O)C1CCN(c2[nH]c(=O)c(C(=O)O)cc2C#N)CC1. The van der Waals surface area contributed by atoms with E-state index in [4.69, 9.17) is 9.84 Å². The lowest BCUT2D eigenvalue weighted by atomic mass is 9.96. The number of piperidine rings is 1. The van der Waals surface area contributed by atoms with Crippen LogP contribution in [0, 0.1) is 17.2 Å². The number of anilines is 1. The topological polar surface area (TPSA) is 123 Å². The van der Waals surface area contributed by atoms with Crippen molar-refractivity contribution in [3.63, 3.8) is 0 Å². The minimum atomic E-state index is -1.38. The smallest absolute Gasteiger partial charge is 0.341 e. The van der Waals surface area contributed by atoms with Crippen LogP contribution < -0.4 is 10.5 Å². The van der Waals surface area contributed by atoms with Gasteiger partial charge in [-0.1, -0.05) is 0 Å². The number of carbonyl (C=O) groups is 2. The van der Waals surface area contributed by atoms with Crippen LogP contribution in [0.2, 0.25) is 0 Å². The predicted octanol–water partition coefficient (Wildman–Crippen LogP) is 1.50. The summed E-state index contributed by atoms with van der Waals surface area (Å²) < 4.78 is 5.39. The number of ether oxygens (including phenoxy) is 1. The molecule has 1 aromatic heterocycles. The summed E-state index contributed by atoms with van der Waals surface area (Å²) in [4.78, 5) is 39.3. The number of rotatable bonds is 3. The predicted molar refractivity (Wildman–Crippen MR) is 89.5 cm³/mol. The second kappa shape index (κ2) is 6.97. The van der Waals surface area contributed by atoms with Crippen molar-refractivity contribution < 1.29 is 19.4 Å². The van der Waals surface area contributed by atoms with Crippen molar-refractivity contribution in [2.45, 2.75) is 39.2 Å². The van der Waals surface area contributed by atoms with E-state index in [0.29, 0.717) is 31.7 Å². The van der Waals surface area contributed by atoms with Crippen molar-refractivity contribution in [3.8, 4) is 6.07 Å². The molecule has 1 aliphatic heterocycles. The fraction of sp³-hybridized carbons (Fsp3) is 0.529. The lowest BCUT2D eigenvalue weighted by Gasteiger charge is -2.33. The highest BCUT2D eigenvalue weighted by atomic mass is 16.6. The number of aromatic carboxylic acids is 1. The number of esters is 1. The highest BCUT2D eigenvalue weighted by Crippen LogP contribution is 2.26. The Bertz CT molecular complexity index is 777. The van der Waals surface area contributed by atoms with Crippen LogP contribution in [-0.4, -0.2) is 40.7 Å². The van der Waals surface area contributed by atoms with E-state index >= 15 is 0 Å². The van der Waals surface area contributed by atoms with E-state index in [1.807, 2.05) is 26.8 Å². The Labute approximate surface area is 145 Å². The molecule has 0 amide bonds. The average Bonchev–Trinajstić information content (AvgIpc) is 2.52. The number of nitriles is 1. The van der Waals surface area contributed by atoms with Crippen molar-refractivity contribution in [2.24, 2.45) is 5.92 Å². The summed E-state index contributed by atoms with van der Waals surface area (Å²) in [6, 6.07) is 2.99. The van der Waals surface area contributed by atoms with E-state index in [-0.39, 0.29) is 17.5 Å². The van der Waals surface area contributed by atoms with Crippen molar-refractivity contribution in [1.29, 1.82) is 5.26 Å². The molecule has 0 radical (unpaired) electrons. The molecule has 2 N–H and O–H groups in total. The minimum Gasteiger partial charge on any atom is -0.477 e. The zero-order valence-electron chi connectivity index (χ0n) is 14.5. The second-order valence-electron chi connectivity index (χ2n) is 6.99. The lowest BCUT2D eigenvalue weighted by Crippen LogP contribution is -2.40. The highest BCUT2D eigenvalue weighted by molar-refractivity contribution is 5.88. The first-order chi connectivity index (χ1) is 11.6. The summed E-state index contributed by atoms with van der Waals surface area (Å²) in [5, 5.41) is 18.2. The number of aromatic nitrogens is 1. The molecule has 0 unspecified atom stereocenters. The number of aromatic amines is 1. The van der Waals surface area contributed by atoms with E-state index < -0.39 is 22.7 Å². The summed E-state index contributed by atoms with van der Waals surface area (Å²) >= 11 is 0. The maximum atomic E-state index is 12.1. The van der Waals surface area contributed by atoms with E-state index in [1.54, 1.807) is 4.90 Å². The van der Waals surface area contributed by atoms with Crippen LogP contribution in [0.5, 0.6) is 0 Å². The maximum Gasteiger partial charge on any atom is 0.341 e. The number of nitrogens with one attached hydrogen (secondary N) is 1. The molecule has 8 nitrogen and oxygen atoms in total. The van der Waals surface area contributed by atoms with Gasteiger partial charge in [-0.15, -0.1) is 0 Å². The number of nitrogens with zero attached hydrogens (tertiary/aromatic N) is 2. The first-order valence-electron chi connectivity index (χ1n) is 8.01. The molecular formula is C17H21N3O5. The van der Waals surface area contributed by atoms with Gasteiger partial charge in [0.05, 0.1) is 11.5 Å². The summed E-state index contributed by atoms with van der Waals surface area (Å²) in [6.07, 6.45) is 1.06. The van der Waals surface area contributed by atoms with Gasteiger partial charge in [0.1, 0.15) is 23.1 Å². The Kier molecular flexibility index (Phi) is 5.16. The molecular weight excluding hydrogens is 326 g/mol. The van der Waals surface area contributed by atoms with Crippen LogP contribution in [0.25, 0.3) is 0 Å². The van der Waals surface area contributed by atoms with Gasteiger partial charge in [0.2, 0.25) is 0 Å². The number of carboxylic acid groups (broad SMARTS) is 1. The zero-order chi connectivity index (χ0) is 18.8. The van der Waals surface area contributed by atoms with Gasteiger partial charge in [0, 0.05) is 13.1 Å². The van der Waals surface area contributed by atoms with Crippen molar-refractivity contribution in [1.82, 2.24) is 4.98 Å². The van der Waals surface area contributed by atoms with Gasteiger partial charge in [0.15, 0.2) is 0 Å². The third kappa shape index (κ3) is 4.38. The Morgan fingerprint density at radius 2 is 1.96 bits per heavy atom. The van der Waals surface area contributed by atoms with Gasteiger partial charge in [0.25, 0.3) is 5.56 Å². The third-order valence-corrected chi connectivity index (χ3v) is 3.92. The largest absolute Gasteiger partial charge is 0.477 e. The number of carbonyl (C=O) groups excluding carboxylic acids is 1. The van der Waals surface area contributed by atoms with Gasteiger partial charge in [-0.2, -0.15) is 5.26 Å². The number of carboxylic acids is 1. The van der Waals surface area contributed by atoms with Crippen LogP contribution >= 0.6 is 0 Å². The maximum absolute atomic E-state index is 12.1. The Balaban J connectivity index is 2.15. The Morgan fingerprint density at radius 3 is 2.44 bits per heavy atom. The van der Waals surface area contributed by atoms with Crippen LogP contribution in [-0.2, 0) is 9.53 Å². The van der Waals surface area contributed by atoms with Gasteiger partial charge >= 0.3 is 11.9 Å². The van der Waals surface area contributed by atoms with Crippen LogP contribution in [0.15, 0.2) is 10.9 Å². The van der Waals surface area contributed by atoms with Gasteiger partial charge < -0.3 is 19.7 Å². The second-order valence-corrected chi connectivity index (χ2v) is 6.99. The Morgan fingerprint density at radius 1 is 1.36 bits per heavy atom. The standard InChI is InChI=1S/C17H21N3O5/c1-17(2,3)25-16(24)10-4-6-20(7-5-10)13-11(9-18)8-12(15(22)23)14(21)19-13/h8,10H,4-7H2,1-3H3,(H,19,21)(H,22,23). The van der Waals surface area contributed by atoms with E-state index in [0.717, 1.165) is 6.07 Å². The molecule has 134 valence electrons. The van der Waals surface area contributed by atoms with Crippen LogP contribution in [0.4, 0.5) is 5.82 Å². The molecule has 2 heterocycles. The summed E-state index contributed by atoms with van der Waals surface area (Å²) in [5.41, 5.74) is -1.67. The molecule has 0 aliphatic carbocycles. The Hall–Kier alpha value is -2.82. The van der Waals surface area contributed by atoms with Crippen molar-refractivity contribution in [2.75, 3.05) is 18.0 Å². The third-order valence-electron chi connectivity index (χ3n) is 3.92. The zero-order valence-corrected chi connectivity index (χ0v) is 14.5. The van der Waals surface area contributed by atoms with Crippen LogP contribution in [0.1, 0.15) is 49.5 Å². The number of H-pyrrole nitrogens is 1. The van der Waals surface area contributed by atoms with Crippen LogP contribution in [0.3, 0.4) is 0 Å². The minimum absolute atomic E-state index is 0.0905. The van der Waals surface area contributed by atoms with Gasteiger partial charge in [-0.05, 0) is 39.7 Å². The first kappa shape index (κ1) is 18.5. The van der Waals surface area contributed by atoms with E-state index in [9.17, 15) is 19.6 Å². The lowest BCUT2D eigenvalue weighted by molar-refractivity contribution is -0.160. The molecule has 1 saturated heterocycles. The van der Waals surface area contributed by atoms with Gasteiger partial charge in [-0.25, -0.2) is 4.79 Å². The highest BCUT2D eigenvalue weighted by Gasteiger charge is 2.30.